The molecule has 0 aliphatic heterocycles. The van der Waals surface area contributed by atoms with Gasteiger partial charge in [0.15, 0.2) is 11.5 Å². The number of aromatic nitrogens is 3. The minimum absolute atomic E-state index is 0.0105. The van der Waals surface area contributed by atoms with Crippen LogP contribution in [0.25, 0.3) is 0 Å². The van der Waals surface area contributed by atoms with Crippen LogP contribution in [0.3, 0.4) is 0 Å². The van der Waals surface area contributed by atoms with E-state index in [-0.39, 0.29) is 17.2 Å². The van der Waals surface area contributed by atoms with E-state index in [1.54, 1.807) is 0 Å². The normalized spacial score (nSPS) is 10.1. The molecule has 1 amide bonds. The fraction of sp³-hybridized carbons (Fsp3) is 0.0909. The van der Waals surface area contributed by atoms with Gasteiger partial charge in [0.2, 0.25) is 0 Å². The molecule has 0 aromatic carbocycles. The molecule has 0 saturated carbocycles. The van der Waals surface area contributed by atoms with Crippen LogP contribution in [0.4, 0.5) is 11.5 Å². The molecule has 0 unspecified atom stereocenters. The van der Waals surface area contributed by atoms with Gasteiger partial charge < -0.3 is 15.0 Å². The highest BCUT2D eigenvalue weighted by Crippen LogP contribution is 2.17. The predicted octanol–water partition coefficient (Wildman–Crippen LogP) is 0.674. The summed E-state index contributed by atoms with van der Waals surface area (Å²) in [5.41, 5.74) is -0.682. The van der Waals surface area contributed by atoms with Crippen LogP contribution in [-0.2, 0) is 7.05 Å². The maximum atomic E-state index is 12.0. The maximum absolute atomic E-state index is 12.0. The number of aryl methyl sites for hydroxylation is 1. The van der Waals surface area contributed by atoms with E-state index in [1.165, 1.54) is 30.2 Å². The van der Waals surface area contributed by atoms with Gasteiger partial charge in [-0.25, -0.2) is 14.8 Å². The number of anilines is 1. The molecule has 2 aromatic heterocycles. The molecule has 0 radical (unpaired) electrons. The summed E-state index contributed by atoms with van der Waals surface area (Å²) in [5, 5.41) is 21.8. The number of nitrogens with one attached hydrogen (secondary N) is 1. The number of carboxylic acid groups (broad SMARTS) is 1. The van der Waals surface area contributed by atoms with Crippen molar-refractivity contribution in [3.8, 4) is 0 Å². The van der Waals surface area contributed by atoms with Gasteiger partial charge in [-0.1, -0.05) is 0 Å². The topological polar surface area (TPSA) is 140 Å². The van der Waals surface area contributed by atoms with Crippen LogP contribution in [0.5, 0.6) is 0 Å². The molecule has 21 heavy (non-hydrogen) atoms. The summed E-state index contributed by atoms with van der Waals surface area (Å²) in [4.78, 5) is 40.3. The van der Waals surface area contributed by atoms with Crippen molar-refractivity contribution in [2.24, 2.45) is 7.05 Å². The van der Waals surface area contributed by atoms with Gasteiger partial charge in [-0.05, 0) is 0 Å². The fourth-order valence-electron chi connectivity index (χ4n) is 1.63. The first kappa shape index (κ1) is 14.1. The zero-order valence-corrected chi connectivity index (χ0v) is 10.7. The van der Waals surface area contributed by atoms with Crippen LogP contribution in [-0.4, -0.2) is 36.4 Å². The Hall–Kier alpha value is -3.30. The van der Waals surface area contributed by atoms with Crippen LogP contribution < -0.4 is 5.32 Å². The van der Waals surface area contributed by atoms with Crippen LogP contribution in [0.15, 0.2) is 24.7 Å². The van der Waals surface area contributed by atoms with Crippen molar-refractivity contribution in [1.82, 2.24) is 14.5 Å². The molecule has 0 fully saturated rings. The van der Waals surface area contributed by atoms with E-state index in [0.29, 0.717) is 0 Å². The number of rotatable bonds is 4. The van der Waals surface area contributed by atoms with E-state index in [4.69, 9.17) is 5.11 Å². The summed E-state index contributed by atoms with van der Waals surface area (Å²) in [6.45, 7) is 0. The third kappa shape index (κ3) is 2.83. The van der Waals surface area contributed by atoms with Crippen molar-refractivity contribution in [3.05, 3.63) is 46.2 Å². The molecule has 0 aliphatic carbocycles. The van der Waals surface area contributed by atoms with Gasteiger partial charge in [-0.2, -0.15) is 0 Å². The van der Waals surface area contributed by atoms with Crippen LogP contribution >= 0.6 is 0 Å². The Kier molecular flexibility index (Phi) is 3.61. The van der Waals surface area contributed by atoms with E-state index in [1.807, 2.05) is 0 Å². The van der Waals surface area contributed by atoms with Gasteiger partial charge in [0, 0.05) is 25.5 Å². The Morgan fingerprint density at radius 3 is 2.62 bits per heavy atom. The summed E-state index contributed by atoms with van der Waals surface area (Å²) in [6.07, 6.45) is 3.56. The molecule has 0 atom stereocenters. The minimum Gasteiger partial charge on any atom is -0.476 e. The lowest BCUT2D eigenvalue weighted by atomic mass is 10.3. The Balaban J connectivity index is 2.31. The number of nitrogens with zero attached hydrogens (tertiary/aromatic N) is 4. The Morgan fingerprint density at radius 1 is 1.38 bits per heavy atom. The fourth-order valence-corrected chi connectivity index (χ4v) is 1.63. The SMILES string of the molecule is Cn1cc([N+](=O)[O-])cc1C(=O)Nc1nccnc1C(=O)O. The molecular weight excluding hydrogens is 282 g/mol. The van der Waals surface area contributed by atoms with Gasteiger partial charge in [0.1, 0.15) is 5.69 Å². The molecule has 2 heterocycles. The average Bonchev–Trinajstić information content (AvgIpc) is 2.81. The third-order valence-electron chi connectivity index (χ3n) is 2.57. The lowest BCUT2D eigenvalue weighted by Gasteiger charge is -2.06. The second kappa shape index (κ2) is 5.36. The molecule has 0 aliphatic rings. The van der Waals surface area contributed by atoms with Gasteiger partial charge in [-0.3, -0.25) is 14.9 Å². The second-order valence-electron chi connectivity index (χ2n) is 3.96. The molecule has 0 spiro atoms. The quantitative estimate of drug-likeness (QED) is 0.623. The summed E-state index contributed by atoms with van der Waals surface area (Å²) in [6, 6.07) is 1.08. The number of carbonyl (C=O) groups excluding carboxylic acids is 1. The van der Waals surface area contributed by atoms with Crippen molar-refractivity contribution in [1.29, 1.82) is 0 Å². The predicted molar refractivity (Wildman–Crippen MR) is 69.0 cm³/mol. The Morgan fingerprint density at radius 2 is 2.05 bits per heavy atom. The van der Waals surface area contributed by atoms with E-state index in [9.17, 15) is 19.7 Å². The lowest BCUT2D eigenvalue weighted by molar-refractivity contribution is -0.384. The summed E-state index contributed by atoms with van der Waals surface area (Å²) < 4.78 is 1.25. The molecular formula is C11H9N5O5. The first-order valence-corrected chi connectivity index (χ1v) is 5.56. The van der Waals surface area contributed by atoms with Crippen molar-refractivity contribution >= 4 is 23.4 Å². The summed E-state index contributed by atoms with van der Waals surface area (Å²) >= 11 is 0. The van der Waals surface area contributed by atoms with Gasteiger partial charge in [0.25, 0.3) is 11.6 Å². The smallest absolute Gasteiger partial charge is 0.358 e. The van der Waals surface area contributed by atoms with E-state index in [0.717, 1.165) is 6.07 Å². The highest BCUT2D eigenvalue weighted by atomic mass is 16.6. The van der Waals surface area contributed by atoms with Gasteiger partial charge in [0.05, 0.1) is 11.1 Å². The number of amides is 1. The van der Waals surface area contributed by atoms with Crippen molar-refractivity contribution in [2.45, 2.75) is 0 Å². The van der Waals surface area contributed by atoms with Crippen molar-refractivity contribution in [2.75, 3.05) is 5.32 Å². The van der Waals surface area contributed by atoms with Crippen molar-refractivity contribution < 1.29 is 19.6 Å². The first-order valence-electron chi connectivity index (χ1n) is 5.56. The third-order valence-corrected chi connectivity index (χ3v) is 2.57. The van der Waals surface area contributed by atoms with Crippen molar-refractivity contribution in [3.63, 3.8) is 0 Å². The van der Waals surface area contributed by atoms with Crippen LogP contribution in [0.1, 0.15) is 21.0 Å². The van der Waals surface area contributed by atoms with Crippen LogP contribution in [0.2, 0.25) is 0 Å². The molecule has 10 heteroatoms. The monoisotopic (exact) mass is 291 g/mol. The number of carbonyl (C=O) groups is 2. The maximum Gasteiger partial charge on any atom is 0.358 e. The Labute approximate surface area is 117 Å². The zero-order chi connectivity index (χ0) is 15.6. The van der Waals surface area contributed by atoms with E-state index < -0.39 is 22.5 Å². The zero-order valence-electron chi connectivity index (χ0n) is 10.7. The summed E-state index contributed by atoms with van der Waals surface area (Å²) in [7, 11) is 1.46. The number of aromatic carboxylic acids is 1. The lowest BCUT2D eigenvalue weighted by Crippen LogP contribution is -2.19. The van der Waals surface area contributed by atoms with Crippen LogP contribution in [0, 0.1) is 10.1 Å². The number of carboxylic acids is 1. The molecule has 0 saturated heterocycles. The molecule has 2 rings (SSSR count). The average molecular weight is 291 g/mol. The molecule has 2 aromatic rings. The van der Waals surface area contributed by atoms with Gasteiger partial charge >= 0.3 is 5.97 Å². The largest absolute Gasteiger partial charge is 0.476 e. The number of hydrogen-bond donors (Lipinski definition) is 2. The number of nitro groups is 1. The Bertz CT molecular complexity index is 738. The molecule has 108 valence electrons. The highest BCUT2D eigenvalue weighted by molar-refractivity contribution is 6.05. The van der Waals surface area contributed by atoms with E-state index >= 15 is 0 Å². The second-order valence-corrected chi connectivity index (χ2v) is 3.96. The minimum atomic E-state index is -1.35. The molecule has 10 nitrogen and oxygen atoms in total. The molecule has 2 N–H and O–H groups in total. The summed E-state index contributed by atoms with van der Waals surface area (Å²) in [5.74, 6) is -2.32. The standard InChI is InChI=1S/C11H9N5O5/c1-15-5-6(16(20)21)4-7(15)10(17)14-9-8(11(18)19)12-2-3-13-9/h2-5H,1H3,(H,18,19)(H,13,14,17). The number of hydrogen-bond acceptors (Lipinski definition) is 6. The highest BCUT2D eigenvalue weighted by Gasteiger charge is 2.20. The van der Waals surface area contributed by atoms with Gasteiger partial charge in [-0.15, -0.1) is 0 Å². The van der Waals surface area contributed by atoms with E-state index in [2.05, 4.69) is 15.3 Å². The molecule has 0 bridgehead atoms. The first-order chi connectivity index (χ1) is 9.90.